The van der Waals surface area contributed by atoms with Gasteiger partial charge in [-0.1, -0.05) is 55.6 Å². The number of benzene rings is 1. The number of thioether (sulfide) groups is 2. The third-order valence-corrected chi connectivity index (χ3v) is 6.04. The van der Waals surface area contributed by atoms with Crippen LogP contribution in [-0.4, -0.2) is 47.7 Å². The number of nitrogens with one attached hydrogen (secondary N) is 2. The molecule has 1 aliphatic rings. The largest absolute Gasteiger partial charge is 0.452 e. The molecule has 0 aromatic heterocycles. The lowest BCUT2D eigenvalue weighted by atomic mass is 10.1. The van der Waals surface area contributed by atoms with Crippen LogP contribution in [0.1, 0.15) is 36.2 Å². The number of nitrogens with zero attached hydrogens (tertiary/aromatic N) is 1. The first-order chi connectivity index (χ1) is 13.5. The molecule has 3 amide bonds. The van der Waals surface area contributed by atoms with Crippen molar-refractivity contribution in [2.75, 3.05) is 25.4 Å². The fraction of sp³-hybridized carbons (Fsp3) is 0.474. The summed E-state index contributed by atoms with van der Waals surface area (Å²) in [4.78, 5) is 40.1. The zero-order valence-corrected chi connectivity index (χ0v) is 17.7. The fourth-order valence-corrected chi connectivity index (χ4v) is 4.29. The Morgan fingerprint density at radius 1 is 1.29 bits per heavy atom. The van der Waals surface area contributed by atoms with Gasteiger partial charge in [0.05, 0.1) is 12.1 Å². The molecule has 1 aromatic rings. The summed E-state index contributed by atoms with van der Waals surface area (Å²) in [5, 5.41) is 4.74. The summed E-state index contributed by atoms with van der Waals surface area (Å²) in [5.41, 5.74) is 1.23. The average molecular weight is 424 g/mol. The molecule has 0 spiro atoms. The lowest BCUT2D eigenvalue weighted by Gasteiger charge is -2.10. The lowest BCUT2D eigenvalue weighted by molar-refractivity contribution is -0.123. The Bertz CT molecular complexity index is 738. The van der Waals surface area contributed by atoms with Crippen LogP contribution in [-0.2, 0) is 15.3 Å². The van der Waals surface area contributed by atoms with Gasteiger partial charge in [-0.05, 0) is 24.0 Å². The number of urea groups is 1. The predicted molar refractivity (Wildman–Crippen MR) is 114 cm³/mol. The number of hydrogen-bond acceptors (Lipinski definition) is 7. The standard InChI is InChI=1S/C19H25N3O4S2/c1-13(2)7-8-20-18(25)22-16(23)11-26-17(24)15-6-4-3-5-14(15)12-28-19-21-9-10-27-19/h3-6,13H,7-12H2,1-2H3,(H2,20,22,23,25). The molecule has 0 atom stereocenters. The summed E-state index contributed by atoms with van der Waals surface area (Å²) in [7, 11) is 0. The molecule has 1 aliphatic heterocycles. The first-order valence-corrected chi connectivity index (χ1v) is 11.1. The van der Waals surface area contributed by atoms with Crippen molar-refractivity contribution in [3.63, 3.8) is 0 Å². The van der Waals surface area contributed by atoms with Crippen LogP contribution in [0.15, 0.2) is 29.3 Å². The molecule has 0 aliphatic carbocycles. The molecular weight excluding hydrogens is 398 g/mol. The molecule has 0 radical (unpaired) electrons. The van der Waals surface area contributed by atoms with Gasteiger partial charge in [-0.3, -0.25) is 15.1 Å². The molecule has 0 saturated carbocycles. The van der Waals surface area contributed by atoms with E-state index in [1.165, 1.54) is 0 Å². The number of carbonyl (C=O) groups is 3. The molecule has 2 rings (SSSR count). The Morgan fingerprint density at radius 2 is 2.07 bits per heavy atom. The van der Waals surface area contributed by atoms with Crippen LogP contribution in [0.3, 0.4) is 0 Å². The molecule has 0 bridgehead atoms. The Labute approximate surface area is 173 Å². The number of imide groups is 1. The maximum atomic E-state index is 12.4. The molecule has 0 fully saturated rings. The highest BCUT2D eigenvalue weighted by molar-refractivity contribution is 8.38. The monoisotopic (exact) mass is 423 g/mol. The second-order valence-corrected chi connectivity index (χ2v) is 8.81. The van der Waals surface area contributed by atoms with E-state index < -0.39 is 24.5 Å². The van der Waals surface area contributed by atoms with Crippen molar-refractivity contribution in [3.8, 4) is 0 Å². The zero-order chi connectivity index (χ0) is 20.4. The summed E-state index contributed by atoms with van der Waals surface area (Å²) in [6.07, 6.45) is 0.816. The normalized spacial score (nSPS) is 13.2. The van der Waals surface area contributed by atoms with E-state index >= 15 is 0 Å². The Morgan fingerprint density at radius 3 is 2.79 bits per heavy atom. The number of hydrogen-bond donors (Lipinski definition) is 2. The maximum Gasteiger partial charge on any atom is 0.338 e. The summed E-state index contributed by atoms with van der Waals surface area (Å²) < 4.78 is 6.09. The first-order valence-electron chi connectivity index (χ1n) is 9.08. The van der Waals surface area contributed by atoms with Crippen LogP contribution in [0.25, 0.3) is 0 Å². The second kappa shape index (κ2) is 11.8. The van der Waals surface area contributed by atoms with Crippen molar-refractivity contribution >= 4 is 45.8 Å². The smallest absolute Gasteiger partial charge is 0.338 e. The molecule has 9 heteroatoms. The van der Waals surface area contributed by atoms with Gasteiger partial charge >= 0.3 is 12.0 Å². The van der Waals surface area contributed by atoms with E-state index in [-0.39, 0.29) is 0 Å². The van der Waals surface area contributed by atoms with Gasteiger partial charge in [0.25, 0.3) is 5.91 Å². The van der Waals surface area contributed by atoms with Crippen LogP contribution in [0.5, 0.6) is 0 Å². The van der Waals surface area contributed by atoms with Gasteiger partial charge in [0, 0.05) is 18.1 Å². The van der Waals surface area contributed by atoms with Crippen LogP contribution < -0.4 is 10.6 Å². The molecule has 1 aromatic carbocycles. The average Bonchev–Trinajstić information content (AvgIpc) is 3.18. The van der Waals surface area contributed by atoms with Crippen molar-refractivity contribution < 1.29 is 19.1 Å². The summed E-state index contributed by atoms with van der Waals surface area (Å²) >= 11 is 3.29. The Hall–Kier alpha value is -2.00. The minimum absolute atomic E-state index is 0.410. The van der Waals surface area contributed by atoms with Gasteiger partial charge in [-0.2, -0.15) is 0 Å². The van der Waals surface area contributed by atoms with Gasteiger partial charge in [-0.25, -0.2) is 9.59 Å². The molecule has 28 heavy (non-hydrogen) atoms. The van der Waals surface area contributed by atoms with E-state index in [2.05, 4.69) is 15.6 Å². The van der Waals surface area contributed by atoms with Crippen LogP contribution in [0.2, 0.25) is 0 Å². The summed E-state index contributed by atoms with van der Waals surface area (Å²) in [6.45, 7) is 4.88. The summed E-state index contributed by atoms with van der Waals surface area (Å²) in [5.74, 6) is 0.786. The van der Waals surface area contributed by atoms with Crippen molar-refractivity contribution in [2.24, 2.45) is 10.9 Å². The van der Waals surface area contributed by atoms with Gasteiger partial charge < -0.3 is 10.1 Å². The van der Waals surface area contributed by atoms with Crippen molar-refractivity contribution in [3.05, 3.63) is 35.4 Å². The first kappa shape index (κ1) is 22.3. The molecule has 7 nitrogen and oxygen atoms in total. The van der Waals surface area contributed by atoms with Crippen molar-refractivity contribution in [1.29, 1.82) is 0 Å². The molecule has 152 valence electrons. The van der Waals surface area contributed by atoms with E-state index in [0.717, 1.165) is 28.7 Å². The zero-order valence-electron chi connectivity index (χ0n) is 16.0. The molecule has 1 heterocycles. The quantitative estimate of drug-likeness (QED) is 0.624. The second-order valence-electron chi connectivity index (χ2n) is 6.50. The molecule has 0 unspecified atom stereocenters. The number of esters is 1. The van der Waals surface area contributed by atoms with Gasteiger partial charge in [0.1, 0.15) is 4.38 Å². The van der Waals surface area contributed by atoms with E-state index in [1.807, 2.05) is 26.0 Å². The van der Waals surface area contributed by atoms with Gasteiger partial charge in [0.15, 0.2) is 6.61 Å². The van der Waals surface area contributed by atoms with E-state index in [9.17, 15) is 14.4 Å². The Balaban J connectivity index is 1.79. The number of carbonyl (C=O) groups excluding carboxylic acids is 3. The van der Waals surface area contributed by atoms with Crippen LogP contribution in [0, 0.1) is 5.92 Å². The van der Waals surface area contributed by atoms with Crippen LogP contribution >= 0.6 is 23.5 Å². The topological polar surface area (TPSA) is 96.9 Å². The van der Waals surface area contributed by atoms with Crippen molar-refractivity contribution in [1.82, 2.24) is 10.6 Å². The highest BCUT2D eigenvalue weighted by Crippen LogP contribution is 2.26. The number of aliphatic imine (C=N–C) groups is 1. The highest BCUT2D eigenvalue weighted by Gasteiger charge is 2.16. The minimum Gasteiger partial charge on any atom is -0.452 e. The van der Waals surface area contributed by atoms with Gasteiger partial charge in [-0.15, -0.1) is 0 Å². The minimum atomic E-state index is -0.668. The van der Waals surface area contributed by atoms with Gasteiger partial charge in [0.2, 0.25) is 0 Å². The van der Waals surface area contributed by atoms with E-state index in [1.54, 1.807) is 35.7 Å². The summed E-state index contributed by atoms with van der Waals surface area (Å²) in [6, 6.07) is 6.53. The molecule has 0 saturated heterocycles. The Kier molecular flexibility index (Phi) is 9.36. The highest BCUT2D eigenvalue weighted by atomic mass is 32.2. The fourth-order valence-electron chi connectivity index (χ4n) is 2.28. The third kappa shape index (κ3) is 7.93. The maximum absolute atomic E-state index is 12.4. The molecule has 2 N–H and O–H groups in total. The van der Waals surface area contributed by atoms with Crippen molar-refractivity contribution in [2.45, 2.75) is 26.0 Å². The number of rotatable bonds is 8. The van der Waals surface area contributed by atoms with E-state index in [4.69, 9.17) is 4.74 Å². The SMILES string of the molecule is CC(C)CCNC(=O)NC(=O)COC(=O)c1ccccc1CSC1=NCCS1. The number of ether oxygens (including phenoxy) is 1. The van der Waals surface area contributed by atoms with E-state index in [0.29, 0.717) is 23.8 Å². The lowest BCUT2D eigenvalue weighted by Crippen LogP contribution is -2.42. The third-order valence-electron chi connectivity index (χ3n) is 3.74. The van der Waals surface area contributed by atoms with Crippen LogP contribution in [0.4, 0.5) is 4.79 Å². The predicted octanol–water partition coefficient (Wildman–Crippen LogP) is 3.05. The number of amides is 3. The molecular formula is C19H25N3O4S2.